The van der Waals surface area contributed by atoms with Gasteiger partial charge in [-0.2, -0.15) is 0 Å². The van der Waals surface area contributed by atoms with E-state index in [9.17, 15) is 19.8 Å². The van der Waals surface area contributed by atoms with Crippen molar-refractivity contribution in [3.05, 3.63) is 59.2 Å². The summed E-state index contributed by atoms with van der Waals surface area (Å²) in [4.78, 5) is 23.0. The highest BCUT2D eigenvalue weighted by Gasteiger charge is 2.16. The van der Waals surface area contributed by atoms with Crippen LogP contribution in [0.4, 0.5) is 0 Å². The predicted octanol–water partition coefficient (Wildman–Crippen LogP) is 2.75. The number of carboxylic acid groups (broad SMARTS) is 1. The van der Waals surface area contributed by atoms with Crippen molar-refractivity contribution in [2.24, 2.45) is 0 Å². The molecule has 0 spiro atoms. The number of aliphatic hydroxyl groups excluding tert-OH is 1. The van der Waals surface area contributed by atoms with E-state index in [4.69, 9.17) is 0 Å². The van der Waals surface area contributed by atoms with E-state index in [1.54, 1.807) is 36.4 Å². The van der Waals surface area contributed by atoms with Crippen molar-refractivity contribution >= 4 is 11.8 Å². The Kier molecular flexibility index (Phi) is 3.96. The number of aromatic carboxylic acids is 1. The van der Waals surface area contributed by atoms with Gasteiger partial charge in [0, 0.05) is 5.56 Å². The van der Waals surface area contributed by atoms with Gasteiger partial charge in [0.15, 0.2) is 5.78 Å². The first-order chi connectivity index (χ1) is 9.54. The second-order valence-electron chi connectivity index (χ2n) is 4.44. The highest BCUT2D eigenvalue weighted by Crippen LogP contribution is 2.29. The van der Waals surface area contributed by atoms with E-state index in [2.05, 4.69) is 0 Å². The first kappa shape index (κ1) is 14.0. The minimum absolute atomic E-state index is 0.130. The Morgan fingerprint density at radius 3 is 2.30 bits per heavy atom. The van der Waals surface area contributed by atoms with Crippen LogP contribution in [0.1, 0.15) is 33.2 Å². The van der Waals surface area contributed by atoms with Crippen LogP contribution in [0.25, 0.3) is 11.1 Å². The molecule has 20 heavy (non-hydrogen) atoms. The Balaban J connectivity index is 2.73. The molecule has 0 fully saturated rings. The number of Topliss-reactive ketones (excluding diaryl/α,β-unsaturated/α-hetero) is 1. The van der Waals surface area contributed by atoms with Gasteiger partial charge in [-0.3, -0.25) is 4.79 Å². The zero-order valence-electron chi connectivity index (χ0n) is 11.0. The first-order valence-electron chi connectivity index (χ1n) is 6.12. The molecule has 0 atom stereocenters. The van der Waals surface area contributed by atoms with E-state index < -0.39 is 5.97 Å². The Bertz CT molecular complexity index is 674. The van der Waals surface area contributed by atoms with Gasteiger partial charge in [0.05, 0.1) is 12.2 Å². The van der Waals surface area contributed by atoms with Gasteiger partial charge in [-0.1, -0.05) is 30.3 Å². The van der Waals surface area contributed by atoms with Crippen molar-refractivity contribution in [1.82, 2.24) is 0 Å². The van der Waals surface area contributed by atoms with Crippen LogP contribution in [0.5, 0.6) is 0 Å². The lowest BCUT2D eigenvalue weighted by Crippen LogP contribution is -2.03. The van der Waals surface area contributed by atoms with Crippen LogP contribution in [-0.4, -0.2) is 22.0 Å². The number of carbonyl (C=O) groups is 2. The lowest BCUT2D eigenvalue weighted by Gasteiger charge is -2.11. The molecule has 0 unspecified atom stereocenters. The zero-order chi connectivity index (χ0) is 14.7. The van der Waals surface area contributed by atoms with Gasteiger partial charge >= 0.3 is 5.97 Å². The lowest BCUT2D eigenvalue weighted by atomic mass is 9.92. The van der Waals surface area contributed by atoms with Gasteiger partial charge in [0.25, 0.3) is 0 Å². The summed E-state index contributed by atoms with van der Waals surface area (Å²) in [5.74, 6) is -1.20. The van der Waals surface area contributed by atoms with Crippen LogP contribution in [0.3, 0.4) is 0 Å². The van der Waals surface area contributed by atoms with Crippen LogP contribution >= 0.6 is 0 Å². The molecule has 0 bridgehead atoms. The molecule has 2 N–H and O–H groups in total. The normalized spacial score (nSPS) is 10.3. The Hall–Kier alpha value is -2.46. The molecule has 0 heterocycles. The average molecular weight is 270 g/mol. The summed E-state index contributed by atoms with van der Waals surface area (Å²) in [5, 5.41) is 18.5. The Morgan fingerprint density at radius 2 is 1.70 bits per heavy atom. The zero-order valence-corrected chi connectivity index (χ0v) is 11.0. The van der Waals surface area contributed by atoms with Crippen LogP contribution in [0.2, 0.25) is 0 Å². The predicted molar refractivity (Wildman–Crippen MR) is 74.8 cm³/mol. The van der Waals surface area contributed by atoms with E-state index in [1.807, 2.05) is 0 Å². The van der Waals surface area contributed by atoms with Crippen molar-refractivity contribution in [3.8, 4) is 11.1 Å². The molecule has 2 rings (SSSR count). The third kappa shape index (κ3) is 2.60. The molecule has 4 heteroatoms. The van der Waals surface area contributed by atoms with Gasteiger partial charge in [-0.25, -0.2) is 4.79 Å². The number of carbonyl (C=O) groups excluding carboxylic acids is 1. The summed E-state index contributed by atoms with van der Waals surface area (Å²) in [5.41, 5.74) is 2.20. The monoisotopic (exact) mass is 270 g/mol. The van der Waals surface area contributed by atoms with Crippen LogP contribution < -0.4 is 0 Å². The molecule has 2 aromatic carbocycles. The third-order valence-corrected chi connectivity index (χ3v) is 3.09. The molecule has 0 aromatic heterocycles. The second-order valence-corrected chi connectivity index (χ2v) is 4.44. The van der Waals surface area contributed by atoms with E-state index in [0.29, 0.717) is 22.3 Å². The number of ketones is 1. The molecule has 0 amide bonds. The molecule has 4 nitrogen and oxygen atoms in total. The average Bonchev–Trinajstić information content (AvgIpc) is 2.46. The fourth-order valence-corrected chi connectivity index (χ4v) is 2.12. The van der Waals surface area contributed by atoms with Crippen LogP contribution in [0, 0.1) is 0 Å². The van der Waals surface area contributed by atoms with Gasteiger partial charge < -0.3 is 10.2 Å². The maximum absolute atomic E-state index is 11.7. The van der Waals surface area contributed by atoms with Crippen molar-refractivity contribution in [2.45, 2.75) is 13.5 Å². The molecule has 102 valence electrons. The number of hydrogen-bond donors (Lipinski definition) is 2. The summed E-state index contributed by atoms with van der Waals surface area (Å²) in [7, 11) is 0. The van der Waals surface area contributed by atoms with Crippen molar-refractivity contribution < 1.29 is 19.8 Å². The molecular weight excluding hydrogens is 256 g/mol. The van der Waals surface area contributed by atoms with Crippen molar-refractivity contribution in [3.63, 3.8) is 0 Å². The summed E-state index contributed by atoms with van der Waals surface area (Å²) in [6, 6.07) is 11.4. The highest BCUT2D eigenvalue weighted by molar-refractivity contribution is 6.04. The summed E-state index contributed by atoms with van der Waals surface area (Å²) >= 11 is 0. The SMILES string of the molecule is CC(=O)c1ccc(CO)cc1-c1ccccc1C(=O)O. The van der Waals surface area contributed by atoms with Gasteiger partial charge in [0.2, 0.25) is 0 Å². The quantitative estimate of drug-likeness (QED) is 0.838. The van der Waals surface area contributed by atoms with E-state index >= 15 is 0 Å². The van der Waals surface area contributed by atoms with Crippen molar-refractivity contribution in [1.29, 1.82) is 0 Å². The molecule has 0 saturated heterocycles. The number of rotatable bonds is 4. The topological polar surface area (TPSA) is 74.6 Å². The molecule has 0 aliphatic carbocycles. The fraction of sp³-hybridized carbons (Fsp3) is 0.125. The summed E-state index contributed by atoms with van der Waals surface area (Å²) < 4.78 is 0. The van der Waals surface area contributed by atoms with E-state index in [1.165, 1.54) is 13.0 Å². The summed E-state index contributed by atoms with van der Waals surface area (Å²) in [6.45, 7) is 1.27. The Morgan fingerprint density at radius 1 is 1.00 bits per heavy atom. The molecule has 0 aliphatic rings. The highest BCUT2D eigenvalue weighted by atomic mass is 16.4. The molecule has 0 aliphatic heterocycles. The van der Waals surface area contributed by atoms with Gasteiger partial charge in [-0.15, -0.1) is 0 Å². The van der Waals surface area contributed by atoms with Gasteiger partial charge in [0.1, 0.15) is 0 Å². The largest absolute Gasteiger partial charge is 0.478 e. The summed E-state index contributed by atoms with van der Waals surface area (Å²) in [6.07, 6.45) is 0. The molecule has 0 saturated carbocycles. The maximum atomic E-state index is 11.7. The van der Waals surface area contributed by atoms with Crippen LogP contribution in [0.15, 0.2) is 42.5 Å². The number of aliphatic hydroxyl groups is 1. The molecule has 2 aromatic rings. The number of hydrogen-bond acceptors (Lipinski definition) is 3. The first-order valence-corrected chi connectivity index (χ1v) is 6.12. The molecular formula is C16H14O4. The van der Waals surface area contributed by atoms with Crippen LogP contribution in [-0.2, 0) is 6.61 Å². The van der Waals surface area contributed by atoms with Gasteiger partial charge in [-0.05, 0) is 35.7 Å². The minimum atomic E-state index is -1.05. The minimum Gasteiger partial charge on any atom is -0.478 e. The fourth-order valence-electron chi connectivity index (χ4n) is 2.12. The lowest BCUT2D eigenvalue weighted by molar-refractivity contribution is 0.0697. The maximum Gasteiger partial charge on any atom is 0.336 e. The standard InChI is InChI=1S/C16H14O4/c1-10(18)12-7-6-11(9-17)8-15(12)13-4-2-3-5-14(13)16(19)20/h2-8,17H,9H2,1H3,(H,19,20). The van der Waals surface area contributed by atoms with Crippen molar-refractivity contribution in [2.75, 3.05) is 0 Å². The molecule has 0 radical (unpaired) electrons. The van der Waals surface area contributed by atoms with E-state index in [-0.39, 0.29) is 18.0 Å². The number of carboxylic acids is 1. The number of benzene rings is 2. The van der Waals surface area contributed by atoms with E-state index in [0.717, 1.165) is 0 Å². The Labute approximate surface area is 116 Å². The smallest absolute Gasteiger partial charge is 0.336 e. The third-order valence-electron chi connectivity index (χ3n) is 3.09. The second kappa shape index (κ2) is 5.67.